The molecule has 0 N–H and O–H groups in total. The van der Waals surface area contributed by atoms with Gasteiger partial charge in [-0.15, -0.1) is 0 Å². The van der Waals surface area contributed by atoms with Gasteiger partial charge in [0.1, 0.15) is 5.75 Å². The quantitative estimate of drug-likeness (QED) is 0.360. The Morgan fingerprint density at radius 2 is 1.63 bits per heavy atom. The van der Waals surface area contributed by atoms with E-state index in [1.165, 1.54) is 23.1 Å². The zero-order valence-corrected chi connectivity index (χ0v) is 21.2. The predicted octanol–water partition coefficient (Wildman–Crippen LogP) is 5.60. The van der Waals surface area contributed by atoms with Crippen molar-refractivity contribution in [3.63, 3.8) is 0 Å². The van der Waals surface area contributed by atoms with E-state index in [-0.39, 0.29) is 11.5 Å². The normalized spacial score (nSPS) is 14.8. The summed E-state index contributed by atoms with van der Waals surface area (Å²) in [5.74, 6) is -0.209. The molecular formula is C29H30N2O4. The Bertz CT molecular complexity index is 1410. The number of carbonyl (C=O) groups is 2. The predicted molar refractivity (Wildman–Crippen MR) is 138 cm³/mol. The topological polar surface area (TPSA) is 60.8 Å². The van der Waals surface area contributed by atoms with Crippen molar-refractivity contribution in [1.29, 1.82) is 0 Å². The summed E-state index contributed by atoms with van der Waals surface area (Å²) >= 11 is 0. The third kappa shape index (κ3) is 4.16. The number of aryl methyl sites for hydroxylation is 3. The number of amides is 1. The van der Waals surface area contributed by atoms with E-state index in [1.807, 2.05) is 38.1 Å². The van der Waals surface area contributed by atoms with Crippen molar-refractivity contribution in [2.45, 2.75) is 34.6 Å². The number of benzene rings is 2. The van der Waals surface area contributed by atoms with Gasteiger partial charge in [-0.25, -0.2) is 4.79 Å². The molecule has 0 saturated carbocycles. The van der Waals surface area contributed by atoms with Crippen LogP contribution in [0.15, 0.2) is 65.4 Å². The standard InChI is InChI=1S/C29H30N2O4/c1-17-11-12-24(13-18(17)2)30-19(3)14-22(20(30)4)15-26-27(29(33)35-7)21(5)31(28(26)32)23-9-8-10-25(16-23)34-6/h8-16H,1-7H3/b26-15-. The zero-order chi connectivity index (χ0) is 25.4. The number of ether oxygens (including phenoxy) is 2. The van der Waals surface area contributed by atoms with Crippen molar-refractivity contribution < 1.29 is 19.1 Å². The number of esters is 1. The number of rotatable bonds is 5. The molecule has 180 valence electrons. The summed E-state index contributed by atoms with van der Waals surface area (Å²) in [4.78, 5) is 28.0. The number of hydrogen-bond donors (Lipinski definition) is 0. The number of anilines is 1. The summed E-state index contributed by atoms with van der Waals surface area (Å²) in [7, 11) is 2.90. The molecule has 6 nitrogen and oxygen atoms in total. The van der Waals surface area contributed by atoms with Crippen LogP contribution in [0.1, 0.15) is 35.0 Å². The highest BCUT2D eigenvalue weighted by Gasteiger charge is 2.38. The maximum Gasteiger partial charge on any atom is 0.340 e. The minimum Gasteiger partial charge on any atom is -0.497 e. The van der Waals surface area contributed by atoms with Gasteiger partial charge in [0.15, 0.2) is 0 Å². The molecule has 6 heteroatoms. The molecule has 2 heterocycles. The highest BCUT2D eigenvalue weighted by atomic mass is 16.5. The SMILES string of the molecule is COC(=O)C1=C(C)N(c2cccc(OC)c2)C(=O)/C1=C\c1cc(C)n(-c2ccc(C)c(C)c2)c1C. The summed E-state index contributed by atoms with van der Waals surface area (Å²) < 4.78 is 12.5. The molecule has 2 aromatic carbocycles. The van der Waals surface area contributed by atoms with Gasteiger partial charge < -0.3 is 14.0 Å². The van der Waals surface area contributed by atoms with Crippen molar-refractivity contribution in [2.24, 2.45) is 0 Å². The molecule has 0 bridgehead atoms. The van der Waals surface area contributed by atoms with Crippen molar-refractivity contribution >= 4 is 23.6 Å². The average molecular weight is 471 g/mol. The van der Waals surface area contributed by atoms with Gasteiger partial charge in [-0.05, 0) is 87.7 Å². The van der Waals surface area contributed by atoms with Crippen LogP contribution in [0.3, 0.4) is 0 Å². The summed E-state index contributed by atoms with van der Waals surface area (Å²) in [5, 5.41) is 0. The first-order valence-corrected chi connectivity index (χ1v) is 11.4. The van der Waals surface area contributed by atoms with Gasteiger partial charge in [0.25, 0.3) is 5.91 Å². The molecule has 1 aliphatic rings. The Kier molecular flexibility index (Phi) is 6.39. The molecule has 0 fully saturated rings. The van der Waals surface area contributed by atoms with E-state index in [4.69, 9.17) is 9.47 Å². The molecule has 0 spiro atoms. The molecule has 4 rings (SSSR count). The maximum absolute atomic E-state index is 13.7. The fourth-order valence-electron chi connectivity index (χ4n) is 4.59. The molecule has 0 atom stereocenters. The Balaban J connectivity index is 1.85. The molecule has 3 aromatic rings. The van der Waals surface area contributed by atoms with Crippen LogP contribution >= 0.6 is 0 Å². The lowest BCUT2D eigenvalue weighted by Gasteiger charge is -2.18. The van der Waals surface area contributed by atoms with Gasteiger partial charge in [-0.2, -0.15) is 0 Å². The van der Waals surface area contributed by atoms with Gasteiger partial charge in [-0.1, -0.05) is 12.1 Å². The Labute approximate surface area is 206 Å². The Morgan fingerprint density at radius 3 is 2.29 bits per heavy atom. The summed E-state index contributed by atoms with van der Waals surface area (Å²) in [6, 6.07) is 15.6. The zero-order valence-electron chi connectivity index (χ0n) is 21.2. The van der Waals surface area contributed by atoms with Crippen LogP contribution in [0.2, 0.25) is 0 Å². The van der Waals surface area contributed by atoms with Crippen LogP contribution in [0.25, 0.3) is 11.8 Å². The van der Waals surface area contributed by atoms with Gasteiger partial charge in [0, 0.05) is 28.8 Å². The van der Waals surface area contributed by atoms with Crippen molar-refractivity contribution in [3.05, 3.63) is 93.5 Å². The minimum atomic E-state index is -0.546. The second-order valence-electron chi connectivity index (χ2n) is 8.78. The molecule has 1 aromatic heterocycles. The van der Waals surface area contributed by atoms with E-state index < -0.39 is 5.97 Å². The van der Waals surface area contributed by atoms with E-state index in [1.54, 1.807) is 26.2 Å². The first-order valence-electron chi connectivity index (χ1n) is 11.4. The second kappa shape index (κ2) is 9.29. The molecule has 0 radical (unpaired) electrons. The second-order valence-corrected chi connectivity index (χ2v) is 8.78. The fourth-order valence-corrected chi connectivity index (χ4v) is 4.59. The Hall–Kier alpha value is -4.06. The first-order chi connectivity index (χ1) is 16.7. The number of nitrogens with zero attached hydrogens (tertiary/aromatic N) is 2. The van der Waals surface area contributed by atoms with Crippen LogP contribution < -0.4 is 9.64 Å². The van der Waals surface area contributed by atoms with Gasteiger partial charge in [0.05, 0.1) is 31.1 Å². The lowest BCUT2D eigenvalue weighted by Crippen LogP contribution is -2.24. The molecular weight excluding hydrogens is 440 g/mol. The van der Waals surface area contributed by atoms with Crippen molar-refractivity contribution in [2.75, 3.05) is 19.1 Å². The molecule has 1 amide bonds. The highest BCUT2D eigenvalue weighted by molar-refractivity contribution is 6.23. The van der Waals surface area contributed by atoms with E-state index in [0.29, 0.717) is 22.7 Å². The van der Waals surface area contributed by atoms with E-state index in [2.05, 4.69) is 36.6 Å². The molecule has 35 heavy (non-hydrogen) atoms. The molecule has 0 unspecified atom stereocenters. The monoisotopic (exact) mass is 470 g/mol. The highest BCUT2D eigenvalue weighted by Crippen LogP contribution is 2.37. The smallest absolute Gasteiger partial charge is 0.340 e. The van der Waals surface area contributed by atoms with Gasteiger partial charge in [0.2, 0.25) is 0 Å². The number of carbonyl (C=O) groups excluding carboxylic acids is 2. The lowest BCUT2D eigenvalue weighted by atomic mass is 10.0. The third-order valence-corrected chi connectivity index (χ3v) is 6.62. The van der Waals surface area contributed by atoms with Crippen LogP contribution in [0.4, 0.5) is 5.69 Å². The van der Waals surface area contributed by atoms with Crippen LogP contribution in [-0.4, -0.2) is 30.7 Å². The number of aromatic nitrogens is 1. The van der Waals surface area contributed by atoms with Crippen molar-refractivity contribution in [1.82, 2.24) is 4.57 Å². The minimum absolute atomic E-state index is 0.260. The number of allylic oxidation sites excluding steroid dienone is 1. The third-order valence-electron chi connectivity index (χ3n) is 6.62. The van der Waals surface area contributed by atoms with E-state index in [0.717, 1.165) is 22.6 Å². The van der Waals surface area contributed by atoms with E-state index in [9.17, 15) is 9.59 Å². The largest absolute Gasteiger partial charge is 0.497 e. The summed E-state index contributed by atoms with van der Waals surface area (Å²) in [6.45, 7) is 9.99. The van der Waals surface area contributed by atoms with Crippen LogP contribution in [0, 0.1) is 27.7 Å². The maximum atomic E-state index is 13.7. The van der Waals surface area contributed by atoms with Crippen molar-refractivity contribution in [3.8, 4) is 11.4 Å². The van der Waals surface area contributed by atoms with E-state index >= 15 is 0 Å². The Morgan fingerprint density at radius 1 is 0.886 bits per heavy atom. The summed E-state index contributed by atoms with van der Waals surface area (Å²) in [6.07, 6.45) is 1.79. The van der Waals surface area contributed by atoms with Gasteiger partial charge in [-0.3, -0.25) is 9.69 Å². The lowest BCUT2D eigenvalue weighted by molar-refractivity contribution is -0.136. The number of methoxy groups -OCH3 is 2. The molecule has 0 aliphatic carbocycles. The summed E-state index contributed by atoms with van der Waals surface area (Å²) in [5.41, 5.74) is 8.09. The molecule has 0 saturated heterocycles. The first kappa shape index (κ1) is 24.1. The number of hydrogen-bond acceptors (Lipinski definition) is 4. The van der Waals surface area contributed by atoms with Crippen LogP contribution in [-0.2, 0) is 14.3 Å². The van der Waals surface area contributed by atoms with Gasteiger partial charge >= 0.3 is 5.97 Å². The average Bonchev–Trinajstić information content (AvgIpc) is 3.26. The fraction of sp³-hybridized carbons (Fsp3) is 0.241. The molecule has 1 aliphatic heterocycles. The van der Waals surface area contributed by atoms with Crippen LogP contribution in [0.5, 0.6) is 5.75 Å².